The summed E-state index contributed by atoms with van der Waals surface area (Å²) in [7, 11) is 0. The topological polar surface area (TPSA) is 276 Å². The van der Waals surface area contributed by atoms with E-state index >= 15 is 0 Å². The zero-order valence-electron chi connectivity index (χ0n) is 25.8. The van der Waals surface area contributed by atoms with E-state index < -0.39 is 65.9 Å². The smallest absolute Gasteiger partial charge is 0.328 e. The molecular formula is C29H46N8O8. The van der Waals surface area contributed by atoms with Crippen molar-refractivity contribution in [1.82, 2.24) is 20.9 Å². The molecule has 16 nitrogen and oxygen atoms in total. The van der Waals surface area contributed by atoms with Gasteiger partial charge in [0.25, 0.3) is 0 Å². The Hall–Kier alpha value is -4.44. The van der Waals surface area contributed by atoms with Crippen LogP contribution in [-0.4, -0.2) is 99.1 Å². The maximum atomic E-state index is 13.8. The summed E-state index contributed by atoms with van der Waals surface area (Å²) in [5.41, 5.74) is 17.0. The minimum Gasteiger partial charge on any atom is -0.508 e. The summed E-state index contributed by atoms with van der Waals surface area (Å²) in [5.74, 6) is -4.28. The molecule has 1 heterocycles. The summed E-state index contributed by atoms with van der Waals surface area (Å²) in [6.45, 7) is 5.38. The zero-order chi connectivity index (χ0) is 33.8. The van der Waals surface area contributed by atoms with Crippen LogP contribution in [0.1, 0.15) is 64.5 Å². The number of aliphatic hydroxyl groups excluding tert-OH is 1. The quantitative estimate of drug-likeness (QED) is 0.0567. The summed E-state index contributed by atoms with van der Waals surface area (Å²) in [6, 6.07) is -0.358. The number of carbonyl (C=O) groups is 5. The highest BCUT2D eigenvalue weighted by atomic mass is 16.4. The van der Waals surface area contributed by atoms with E-state index in [0.717, 1.165) is 0 Å². The van der Waals surface area contributed by atoms with Gasteiger partial charge in [-0.1, -0.05) is 26.0 Å². The second-order valence-electron chi connectivity index (χ2n) is 11.5. The molecule has 1 aromatic carbocycles. The Morgan fingerprint density at radius 1 is 1.02 bits per heavy atom. The molecule has 1 aliphatic heterocycles. The molecular weight excluding hydrogens is 588 g/mol. The number of carboxylic acids is 1. The third-order valence-electron chi connectivity index (χ3n) is 7.29. The minimum atomic E-state index is -1.56. The first-order valence-corrected chi connectivity index (χ1v) is 14.8. The lowest BCUT2D eigenvalue weighted by Gasteiger charge is -2.31. The largest absolute Gasteiger partial charge is 0.508 e. The van der Waals surface area contributed by atoms with Gasteiger partial charge in [-0.3, -0.25) is 24.2 Å². The number of benzene rings is 1. The molecule has 0 aromatic heterocycles. The Bertz CT molecular complexity index is 1220. The molecule has 0 radical (unpaired) electrons. The molecule has 16 heteroatoms. The molecule has 45 heavy (non-hydrogen) atoms. The number of likely N-dealkylation sites (tertiary alicyclic amines) is 1. The number of rotatable bonds is 16. The molecule has 4 amide bonds. The molecule has 0 aliphatic carbocycles. The van der Waals surface area contributed by atoms with E-state index in [4.69, 9.17) is 17.2 Å². The highest BCUT2D eigenvalue weighted by Gasteiger charge is 2.40. The predicted molar refractivity (Wildman–Crippen MR) is 164 cm³/mol. The Kier molecular flexibility index (Phi) is 14.0. The number of carboxylic acid groups (broad SMARTS) is 1. The van der Waals surface area contributed by atoms with Gasteiger partial charge in [0.15, 0.2) is 12.0 Å². The Morgan fingerprint density at radius 2 is 1.67 bits per heavy atom. The SMILES string of the molecule is CC(C)C[C@H](NC(=O)[C@H](NC(=O)[C@@H](N)CCCN=C(N)N)c1ccc(O)cc1)C(=O)N1CCC[C@H]1C(=O)N[C@H](C(=O)O)[C@@H](C)O. The Morgan fingerprint density at radius 3 is 2.22 bits per heavy atom. The van der Waals surface area contributed by atoms with E-state index in [0.29, 0.717) is 18.4 Å². The van der Waals surface area contributed by atoms with Crippen molar-refractivity contribution in [3.05, 3.63) is 29.8 Å². The summed E-state index contributed by atoms with van der Waals surface area (Å²) in [6.07, 6.45) is 0.176. The number of guanidine groups is 1. The highest BCUT2D eigenvalue weighted by Crippen LogP contribution is 2.23. The van der Waals surface area contributed by atoms with Crippen LogP contribution in [-0.2, 0) is 24.0 Å². The van der Waals surface area contributed by atoms with Gasteiger partial charge in [-0.2, -0.15) is 0 Å². The molecule has 1 aromatic rings. The van der Waals surface area contributed by atoms with Crippen molar-refractivity contribution in [1.29, 1.82) is 0 Å². The summed E-state index contributed by atoms with van der Waals surface area (Å²) < 4.78 is 0. The third-order valence-corrected chi connectivity index (χ3v) is 7.29. The lowest BCUT2D eigenvalue weighted by atomic mass is 10.00. The van der Waals surface area contributed by atoms with Crippen LogP contribution in [0.3, 0.4) is 0 Å². The molecule has 0 bridgehead atoms. The third kappa shape index (κ3) is 11.2. The van der Waals surface area contributed by atoms with Crippen molar-refractivity contribution in [2.75, 3.05) is 13.1 Å². The monoisotopic (exact) mass is 634 g/mol. The van der Waals surface area contributed by atoms with Crippen LogP contribution >= 0.6 is 0 Å². The van der Waals surface area contributed by atoms with Gasteiger partial charge in [0.05, 0.1) is 12.1 Å². The van der Waals surface area contributed by atoms with E-state index in [1.54, 1.807) is 0 Å². The predicted octanol–water partition coefficient (Wildman–Crippen LogP) is -1.60. The molecule has 1 fully saturated rings. The molecule has 250 valence electrons. The number of amides is 4. The number of phenolic OH excluding ortho intramolecular Hbond substituents is 1. The normalized spacial score (nSPS) is 17.8. The molecule has 1 saturated heterocycles. The fourth-order valence-electron chi connectivity index (χ4n) is 4.96. The van der Waals surface area contributed by atoms with Gasteiger partial charge in [-0.05, 0) is 62.6 Å². The van der Waals surface area contributed by atoms with Crippen LogP contribution < -0.4 is 33.2 Å². The second-order valence-corrected chi connectivity index (χ2v) is 11.5. The fourth-order valence-corrected chi connectivity index (χ4v) is 4.96. The van der Waals surface area contributed by atoms with Crippen LogP contribution in [0.4, 0.5) is 0 Å². The van der Waals surface area contributed by atoms with E-state index in [1.165, 1.54) is 36.1 Å². The fraction of sp³-hybridized carbons (Fsp3) is 0.586. The maximum Gasteiger partial charge on any atom is 0.328 e. The Balaban J connectivity index is 2.27. The van der Waals surface area contributed by atoms with Gasteiger partial charge in [0, 0.05) is 13.1 Å². The number of aliphatic imine (C=N–C) groups is 1. The number of hydrogen-bond acceptors (Lipinski definition) is 9. The maximum absolute atomic E-state index is 13.8. The number of nitrogens with zero attached hydrogens (tertiary/aromatic N) is 2. The summed E-state index contributed by atoms with van der Waals surface area (Å²) in [5, 5.41) is 36.5. The van der Waals surface area contributed by atoms with E-state index in [9.17, 15) is 39.3 Å². The molecule has 12 N–H and O–H groups in total. The second kappa shape index (κ2) is 17.2. The van der Waals surface area contributed by atoms with Crippen molar-refractivity contribution < 1.29 is 39.3 Å². The number of phenols is 1. The molecule has 6 atom stereocenters. The van der Waals surface area contributed by atoms with Gasteiger partial charge in [-0.25, -0.2) is 4.79 Å². The molecule has 0 unspecified atom stereocenters. The van der Waals surface area contributed by atoms with E-state index in [-0.39, 0.29) is 50.0 Å². The molecule has 0 spiro atoms. The number of aliphatic carboxylic acids is 1. The number of carbonyl (C=O) groups excluding carboxylic acids is 4. The summed E-state index contributed by atoms with van der Waals surface area (Å²) in [4.78, 5) is 70.2. The highest BCUT2D eigenvalue weighted by molar-refractivity contribution is 5.96. The molecule has 2 rings (SSSR count). The zero-order valence-corrected chi connectivity index (χ0v) is 25.8. The van der Waals surface area contributed by atoms with Gasteiger partial charge < -0.3 is 53.4 Å². The standard InChI is InChI=1S/C29H46N8O8/c1-15(2)14-20(27(43)37-13-5-7-21(37)25(41)35-22(16(3)38)28(44)45)34-26(42)23(17-8-10-18(39)11-9-17)36-24(40)19(30)6-4-12-33-29(31)32/h8-11,15-16,19-23,38-39H,4-7,12-14,30H2,1-3H3,(H,34,42)(H,35,41)(H,36,40)(H,44,45)(H4,31,32,33)/t16-,19+,20+,21+,22+,23-/m1/s1. The Labute approximate surface area is 261 Å². The van der Waals surface area contributed by atoms with Crippen molar-refractivity contribution in [3.63, 3.8) is 0 Å². The average Bonchev–Trinajstić information content (AvgIpc) is 3.45. The van der Waals surface area contributed by atoms with Crippen molar-refractivity contribution >= 4 is 35.6 Å². The van der Waals surface area contributed by atoms with Crippen molar-refractivity contribution in [3.8, 4) is 5.75 Å². The minimum absolute atomic E-state index is 0.0624. The average molecular weight is 635 g/mol. The molecule has 1 aliphatic rings. The lowest BCUT2D eigenvalue weighted by molar-refractivity contribution is -0.147. The first-order chi connectivity index (χ1) is 21.1. The number of hydrogen-bond donors (Lipinski definition) is 9. The van der Waals surface area contributed by atoms with Crippen LogP contribution in [0.15, 0.2) is 29.3 Å². The van der Waals surface area contributed by atoms with Crippen LogP contribution in [0.2, 0.25) is 0 Å². The van der Waals surface area contributed by atoms with Gasteiger partial charge in [0.2, 0.25) is 23.6 Å². The lowest BCUT2D eigenvalue weighted by Crippen LogP contribution is -2.58. The number of nitrogens with one attached hydrogen (secondary N) is 3. The van der Waals surface area contributed by atoms with Gasteiger partial charge in [-0.15, -0.1) is 0 Å². The van der Waals surface area contributed by atoms with E-state index in [1.807, 2.05) is 13.8 Å². The summed E-state index contributed by atoms with van der Waals surface area (Å²) >= 11 is 0. The number of aromatic hydroxyl groups is 1. The number of aliphatic hydroxyl groups is 1. The van der Waals surface area contributed by atoms with Gasteiger partial charge >= 0.3 is 5.97 Å². The van der Waals surface area contributed by atoms with Gasteiger partial charge in [0.1, 0.15) is 23.9 Å². The van der Waals surface area contributed by atoms with E-state index in [2.05, 4.69) is 20.9 Å². The first-order valence-electron chi connectivity index (χ1n) is 14.8. The van der Waals surface area contributed by atoms with Crippen molar-refractivity contribution in [2.24, 2.45) is 28.1 Å². The van der Waals surface area contributed by atoms with Crippen LogP contribution in [0.25, 0.3) is 0 Å². The number of nitrogens with two attached hydrogens (primary N) is 3. The van der Waals surface area contributed by atoms with Crippen LogP contribution in [0, 0.1) is 5.92 Å². The van der Waals surface area contributed by atoms with Crippen molar-refractivity contribution in [2.45, 2.75) is 89.2 Å². The van der Waals surface area contributed by atoms with Crippen LogP contribution in [0.5, 0.6) is 5.75 Å². The first kappa shape index (κ1) is 36.8. The molecule has 0 saturated carbocycles.